The zero-order chi connectivity index (χ0) is 17.0. The Morgan fingerprint density at radius 1 is 1.13 bits per heavy atom. The van der Waals surface area contributed by atoms with Gasteiger partial charge in [0.15, 0.2) is 11.5 Å². The summed E-state index contributed by atoms with van der Waals surface area (Å²) in [5, 5.41) is 12.0. The van der Waals surface area contributed by atoms with Crippen LogP contribution in [0.5, 0.6) is 11.5 Å². The summed E-state index contributed by atoms with van der Waals surface area (Å²) in [6, 6.07) is 7.55. The number of methoxy groups -OCH3 is 2. The van der Waals surface area contributed by atoms with E-state index in [9.17, 15) is 10.1 Å². The van der Waals surface area contributed by atoms with Crippen LogP contribution in [0.1, 0.15) is 5.56 Å². The standard InChI is InChI=1S/C15H12Cl2N2O4/c1-22-14-5-9(13(19(20)21)7-15(14)23-2)8-18-12-4-3-10(16)6-11(12)17/h3-8H,1-2H3. The van der Waals surface area contributed by atoms with Gasteiger partial charge in [-0.05, 0) is 24.3 Å². The number of rotatable bonds is 5. The summed E-state index contributed by atoms with van der Waals surface area (Å²) in [6.07, 6.45) is 1.34. The van der Waals surface area contributed by atoms with Crippen LogP contribution in [0.3, 0.4) is 0 Å². The fourth-order valence-corrected chi connectivity index (χ4v) is 2.33. The molecule has 0 heterocycles. The number of hydrogen-bond acceptors (Lipinski definition) is 5. The molecule has 0 radical (unpaired) electrons. The summed E-state index contributed by atoms with van der Waals surface area (Å²) < 4.78 is 10.2. The average Bonchev–Trinajstić information content (AvgIpc) is 2.53. The molecule has 0 bridgehead atoms. The Balaban J connectivity index is 2.49. The molecular weight excluding hydrogens is 343 g/mol. The summed E-state index contributed by atoms with van der Waals surface area (Å²) >= 11 is 11.8. The van der Waals surface area contributed by atoms with E-state index < -0.39 is 4.92 Å². The second-order valence-electron chi connectivity index (χ2n) is 4.38. The number of hydrogen-bond donors (Lipinski definition) is 0. The van der Waals surface area contributed by atoms with E-state index in [2.05, 4.69) is 4.99 Å². The minimum absolute atomic E-state index is 0.156. The Bertz CT molecular complexity index is 778. The maximum atomic E-state index is 11.2. The van der Waals surface area contributed by atoms with Crippen molar-refractivity contribution in [3.63, 3.8) is 0 Å². The van der Waals surface area contributed by atoms with Crippen LogP contribution >= 0.6 is 23.2 Å². The van der Waals surface area contributed by atoms with Crippen molar-refractivity contribution in [1.82, 2.24) is 0 Å². The molecule has 0 aliphatic rings. The van der Waals surface area contributed by atoms with E-state index >= 15 is 0 Å². The molecule has 0 saturated heterocycles. The van der Waals surface area contributed by atoms with Crippen LogP contribution in [0.4, 0.5) is 11.4 Å². The van der Waals surface area contributed by atoms with E-state index in [-0.39, 0.29) is 17.0 Å². The molecule has 8 heteroatoms. The lowest BCUT2D eigenvalue weighted by Gasteiger charge is -2.08. The predicted molar refractivity (Wildman–Crippen MR) is 89.9 cm³/mol. The minimum atomic E-state index is -0.521. The molecule has 0 N–H and O–H groups in total. The highest BCUT2D eigenvalue weighted by atomic mass is 35.5. The van der Waals surface area contributed by atoms with Gasteiger partial charge in [0.1, 0.15) is 0 Å². The number of halogens is 2. The second-order valence-corrected chi connectivity index (χ2v) is 5.22. The lowest BCUT2D eigenvalue weighted by Crippen LogP contribution is -1.98. The van der Waals surface area contributed by atoms with Crippen LogP contribution < -0.4 is 9.47 Å². The highest BCUT2D eigenvalue weighted by Crippen LogP contribution is 2.34. The SMILES string of the molecule is COc1cc(C=Nc2ccc(Cl)cc2Cl)c([N+](=O)[O-])cc1OC. The molecule has 0 aromatic heterocycles. The van der Waals surface area contributed by atoms with E-state index in [0.29, 0.717) is 21.5 Å². The largest absolute Gasteiger partial charge is 0.493 e. The third-order valence-corrected chi connectivity index (χ3v) is 3.52. The van der Waals surface area contributed by atoms with Gasteiger partial charge in [-0.3, -0.25) is 15.1 Å². The summed E-state index contributed by atoms with van der Waals surface area (Å²) in [5.74, 6) is 0.627. The molecule has 2 rings (SSSR count). The predicted octanol–water partition coefficient (Wildman–Crippen LogP) is 4.67. The highest BCUT2D eigenvalue weighted by Gasteiger charge is 2.18. The molecule has 2 aromatic rings. The monoisotopic (exact) mass is 354 g/mol. The Morgan fingerprint density at radius 3 is 2.35 bits per heavy atom. The van der Waals surface area contributed by atoms with Crippen molar-refractivity contribution in [3.05, 3.63) is 56.1 Å². The van der Waals surface area contributed by atoms with Crippen molar-refractivity contribution in [2.24, 2.45) is 4.99 Å². The molecule has 2 aromatic carbocycles. The van der Waals surface area contributed by atoms with Crippen molar-refractivity contribution >= 4 is 40.8 Å². The smallest absolute Gasteiger partial charge is 0.282 e. The molecule has 120 valence electrons. The number of benzene rings is 2. The van der Waals surface area contributed by atoms with Gasteiger partial charge in [0, 0.05) is 11.2 Å². The van der Waals surface area contributed by atoms with Gasteiger partial charge < -0.3 is 9.47 Å². The lowest BCUT2D eigenvalue weighted by molar-refractivity contribution is -0.385. The van der Waals surface area contributed by atoms with Gasteiger partial charge in [-0.2, -0.15) is 0 Å². The maximum absolute atomic E-state index is 11.2. The number of ether oxygens (including phenoxy) is 2. The van der Waals surface area contributed by atoms with Gasteiger partial charge in [-0.1, -0.05) is 23.2 Å². The van der Waals surface area contributed by atoms with Gasteiger partial charge >= 0.3 is 0 Å². The van der Waals surface area contributed by atoms with Gasteiger partial charge in [0.25, 0.3) is 5.69 Å². The van der Waals surface area contributed by atoms with E-state index in [1.165, 1.54) is 32.6 Å². The van der Waals surface area contributed by atoms with E-state index in [1.54, 1.807) is 18.2 Å². The van der Waals surface area contributed by atoms with Crippen LogP contribution in [0, 0.1) is 10.1 Å². The van der Waals surface area contributed by atoms with Crippen LogP contribution in [-0.4, -0.2) is 25.4 Å². The Morgan fingerprint density at radius 2 is 1.78 bits per heavy atom. The van der Waals surface area contributed by atoms with Crippen molar-refractivity contribution in [2.75, 3.05) is 14.2 Å². The quantitative estimate of drug-likeness (QED) is 0.444. The third-order valence-electron chi connectivity index (χ3n) is 2.98. The third kappa shape index (κ3) is 3.91. The summed E-state index contributed by atoms with van der Waals surface area (Å²) in [6.45, 7) is 0. The fraction of sp³-hybridized carbons (Fsp3) is 0.133. The van der Waals surface area contributed by atoms with Crippen LogP contribution in [-0.2, 0) is 0 Å². The Labute approximate surface area is 142 Å². The van der Waals surface area contributed by atoms with Crippen molar-refractivity contribution in [2.45, 2.75) is 0 Å². The molecule has 0 aliphatic carbocycles. The molecule has 0 aliphatic heterocycles. The minimum Gasteiger partial charge on any atom is -0.493 e. The molecule has 6 nitrogen and oxygen atoms in total. The summed E-state index contributed by atoms with van der Waals surface area (Å²) in [7, 11) is 2.85. The molecule has 0 atom stereocenters. The molecule has 23 heavy (non-hydrogen) atoms. The first-order valence-electron chi connectivity index (χ1n) is 6.35. The number of nitrogens with zero attached hydrogens (tertiary/aromatic N) is 2. The zero-order valence-corrected chi connectivity index (χ0v) is 13.8. The number of nitro groups is 1. The van der Waals surface area contributed by atoms with Crippen LogP contribution in [0.25, 0.3) is 0 Å². The second kappa shape index (κ2) is 7.30. The van der Waals surface area contributed by atoms with Crippen molar-refractivity contribution in [1.29, 1.82) is 0 Å². The van der Waals surface area contributed by atoms with E-state index in [4.69, 9.17) is 32.7 Å². The topological polar surface area (TPSA) is 74.0 Å². The Hall–Kier alpha value is -2.31. The number of nitro benzene ring substituents is 1. The first-order chi connectivity index (χ1) is 11.0. The van der Waals surface area contributed by atoms with Crippen LogP contribution in [0.2, 0.25) is 10.0 Å². The van der Waals surface area contributed by atoms with Gasteiger partial charge in [-0.25, -0.2) is 0 Å². The lowest BCUT2D eigenvalue weighted by atomic mass is 10.1. The summed E-state index contributed by atoms with van der Waals surface area (Å²) in [5.41, 5.74) is 0.551. The molecule has 0 spiro atoms. The molecule has 0 fully saturated rings. The number of aliphatic imine (C=N–C) groups is 1. The normalized spacial score (nSPS) is 10.8. The van der Waals surface area contributed by atoms with E-state index in [1.807, 2.05) is 0 Å². The molecule has 0 saturated carbocycles. The van der Waals surface area contributed by atoms with Crippen molar-refractivity contribution in [3.8, 4) is 11.5 Å². The van der Waals surface area contributed by atoms with Gasteiger partial charge in [0.05, 0.1) is 41.5 Å². The first-order valence-corrected chi connectivity index (χ1v) is 7.11. The van der Waals surface area contributed by atoms with Gasteiger partial charge in [-0.15, -0.1) is 0 Å². The van der Waals surface area contributed by atoms with Gasteiger partial charge in [0.2, 0.25) is 0 Å². The Kier molecular flexibility index (Phi) is 5.41. The molecular formula is C15H12Cl2N2O4. The van der Waals surface area contributed by atoms with Crippen LogP contribution in [0.15, 0.2) is 35.3 Å². The maximum Gasteiger partial charge on any atom is 0.282 e. The zero-order valence-electron chi connectivity index (χ0n) is 12.2. The summed E-state index contributed by atoms with van der Waals surface area (Å²) in [4.78, 5) is 14.9. The van der Waals surface area contributed by atoms with E-state index in [0.717, 1.165) is 0 Å². The molecule has 0 unspecified atom stereocenters. The average molecular weight is 355 g/mol. The fourth-order valence-electron chi connectivity index (χ4n) is 1.87. The highest BCUT2D eigenvalue weighted by molar-refractivity contribution is 6.36. The molecule has 0 amide bonds. The van der Waals surface area contributed by atoms with Crippen molar-refractivity contribution < 1.29 is 14.4 Å². The first kappa shape index (κ1) is 17.1.